The highest BCUT2D eigenvalue weighted by atomic mass is 19.1. The van der Waals surface area contributed by atoms with Crippen molar-refractivity contribution in [2.24, 2.45) is 0 Å². The number of hydrazine groups is 1. The van der Waals surface area contributed by atoms with Crippen molar-refractivity contribution < 1.29 is 14.0 Å². The quantitative estimate of drug-likeness (QED) is 0.711. The molecule has 6 heteroatoms. The second-order valence-corrected chi connectivity index (χ2v) is 5.87. The van der Waals surface area contributed by atoms with Crippen LogP contribution in [0.3, 0.4) is 0 Å². The number of hydrogen-bond donors (Lipinski definition) is 2. The summed E-state index contributed by atoms with van der Waals surface area (Å²) in [6.45, 7) is 3.65. The molecule has 0 spiro atoms. The van der Waals surface area contributed by atoms with E-state index >= 15 is 0 Å². The van der Waals surface area contributed by atoms with Crippen molar-refractivity contribution in [2.75, 3.05) is 0 Å². The summed E-state index contributed by atoms with van der Waals surface area (Å²) in [6, 6.07) is 16.4. The fourth-order valence-corrected chi connectivity index (χ4v) is 2.82. The average molecular weight is 351 g/mol. The van der Waals surface area contributed by atoms with E-state index in [0.29, 0.717) is 16.8 Å². The second kappa shape index (κ2) is 7.23. The molecule has 0 bridgehead atoms. The van der Waals surface area contributed by atoms with Crippen LogP contribution in [-0.4, -0.2) is 16.4 Å². The monoisotopic (exact) mass is 351 g/mol. The lowest BCUT2D eigenvalue weighted by molar-refractivity contribution is 0.0846. The first-order valence-corrected chi connectivity index (χ1v) is 8.08. The Bertz CT molecular complexity index is 947. The molecule has 2 amide bonds. The Morgan fingerprint density at radius 1 is 0.885 bits per heavy atom. The Labute approximate surface area is 150 Å². The van der Waals surface area contributed by atoms with E-state index in [4.69, 9.17) is 0 Å². The van der Waals surface area contributed by atoms with E-state index in [1.807, 2.05) is 11.5 Å². The van der Waals surface area contributed by atoms with E-state index in [1.165, 1.54) is 12.1 Å². The van der Waals surface area contributed by atoms with Gasteiger partial charge in [-0.25, -0.2) is 4.39 Å². The molecule has 1 aromatic heterocycles. The molecule has 26 heavy (non-hydrogen) atoms. The first-order valence-electron chi connectivity index (χ1n) is 8.08. The molecule has 0 aliphatic carbocycles. The van der Waals surface area contributed by atoms with E-state index in [-0.39, 0.29) is 5.82 Å². The highest BCUT2D eigenvalue weighted by molar-refractivity contribution is 5.99. The smallest absolute Gasteiger partial charge is 0.271 e. The first kappa shape index (κ1) is 17.4. The number of carbonyl (C=O) groups excluding carboxylic acids is 2. The van der Waals surface area contributed by atoms with Crippen molar-refractivity contribution in [3.05, 3.63) is 89.0 Å². The molecule has 0 fully saturated rings. The summed E-state index contributed by atoms with van der Waals surface area (Å²) >= 11 is 0. The lowest BCUT2D eigenvalue weighted by Gasteiger charge is -2.10. The van der Waals surface area contributed by atoms with E-state index < -0.39 is 11.8 Å². The number of aromatic nitrogens is 1. The SMILES string of the molecule is Cc1cc(C(=O)NNC(=O)c2ccccc2)c(C)n1-c1ccc(F)cc1. The molecular weight excluding hydrogens is 333 g/mol. The molecule has 0 aliphatic rings. The van der Waals surface area contributed by atoms with Gasteiger partial charge in [-0.2, -0.15) is 0 Å². The maximum Gasteiger partial charge on any atom is 0.271 e. The number of aryl methyl sites for hydroxylation is 1. The summed E-state index contributed by atoms with van der Waals surface area (Å²) in [6.07, 6.45) is 0. The third-order valence-electron chi connectivity index (χ3n) is 4.09. The fraction of sp³-hybridized carbons (Fsp3) is 0.100. The van der Waals surface area contributed by atoms with Gasteiger partial charge in [0.2, 0.25) is 0 Å². The van der Waals surface area contributed by atoms with Gasteiger partial charge in [0.05, 0.1) is 5.56 Å². The molecule has 0 saturated heterocycles. The van der Waals surface area contributed by atoms with Crippen molar-refractivity contribution in [1.29, 1.82) is 0 Å². The zero-order valence-corrected chi connectivity index (χ0v) is 14.4. The number of carbonyl (C=O) groups is 2. The van der Waals surface area contributed by atoms with Gasteiger partial charge in [0.15, 0.2) is 0 Å². The minimum atomic E-state index is -0.421. The Balaban J connectivity index is 1.77. The largest absolute Gasteiger partial charge is 0.318 e. The molecular formula is C20H18FN3O2. The summed E-state index contributed by atoms with van der Waals surface area (Å²) in [4.78, 5) is 24.5. The van der Waals surface area contributed by atoms with Crippen LogP contribution in [0.25, 0.3) is 5.69 Å². The predicted octanol–water partition coefficient (Wildman–Crippen LogP) is 3.31. The Kier molecular flexibility index (Phi) is 4.84. The molecule has 3 rings (SSSR count). The fourth-order valence-electron chi connectivity index (χ4n) is 2.82. The van der Waals surface area contributed by atoms with Crippen LogP contribution in [0.15, 0.2) is 60.7 Å². The van der Waals surface area contributed by atoms with Crippen molar-refractivity contribution in [3.8, 4) is 5.69 Å². The van der Waals surface area contributed by atoms with Crippen LogP contribution >= 0.6 is 0 Å². The lowest BCUT2D eigenvalue weighted by Crippen LogP contribution is -2.41. The van der Waals surface area contributed by atoms with Crippen LogP contribution in [0, 0.1) is 19.7 Å². The first-order chi connectivity index (χ1) is 12.5. The average Bonchev–Trinajstić information content (AvgIpc) is 2.95. The Morgan fingerprint density at radius 3 is 2.15 bits per heavy atom. The van der Waals surface area contributed by atoms with E-state index in [1.54, 1.807) is 55.5 Å². The Morgan fingerprint density at radius 2 is 1.50 bits per heavy atom. The predicted molar refractivity (Wildman–Crippen MR) is 96.6 cm³/mol. The molecule has 2 N–H and O–H groups in total. The zero-order chi connectivity index (χ0) is 18.7. The van der Waals surface area contributed by atoms with Gasteiger partial charge in [0.1, 0.15) is 5.82 Å². The third kappa shape index (κ3) is 3.49. The van der Waals surface area contributed by atoms with Crippen LogP contribution in [0.2, 0.25) is 0 Å². The highest BCUT2D eigenvalue weighted by Crippen LogP contribution is 2.21. The number of amides is 2. The number of nitrogens with one attached hydrogen (secondary N) is 2. The standard InChI is InChI=1S/C20H18FN3O2/c1-13-12-18(14(2)24(13)17-10-8-16(21)9-11-17)20(26)23-22-19(25)15-6-4-3-5-7-15/h3-12H,1-2H3,(H,22,25)(H,23,26). The van der Waals surface area contributed by atoms with Crippen LogP contribution in [0.4, 0.5) is 4.39 Å². The van der Waals surface area contributed by atoms with E-state index in [0.717, 1.165) is 11.4 Å². The summed E-state index contributed by atoms with van der Waals surface area (Å²) < 4.78 is 15.0. The van der Waals surface area contributed by atoms with Gasteiger partial charge >= 0.3 is 0 Å². The Hall–Kier alpha value is -3.41. The third-order valence-corrected chi connectivity index (χ3v) is 4.09. The molecule has 0 saturated carbocycles. The maximum absolute atomic E-state index is 13.1. The molecule has 0 unspecified atom stereocenters. The molecule has 0 aliphatic heterocycles. The zero-order valence-electron chi connectivity index (χ0n) is 14.4. The van der Waals surface area contributed by atoms with Crippen LogP contribution < -0.4 is 10.9 Å². The van der Waals surface area contributed by atoms with Crippen molar-refractivity contribution in [2.45, 2.75) is 13.8 Å². The van der Waals surface area contributed by atoms with Gasteiger partial charge in [-0.15, -0.1) is 0 Å². The van der Waals surface area contributed by atoms with Crippen molar-refractivity contribution in [1.82, 2.24) is 15.4 Å². The second-order valence-electron chi connectivity index (χ2n) is 5.87. The van der Waals surface area contributed by atoms with Gasteiger partial charge in [0.25, 0.3) is 11.8 Å². The minimum Gasteiger partial charge on any atom is -0.318 e. The molecule has 0 atom stereocenters. The maximum atomic E-state index is 13.1. The lowest BCUT2D eigenvalue weighted by atomic mass is 10.2. The van der Waals surface area contributed by atoms with E-state index in [9.17, 15) is 14.0 Å². The van der Waals surface area contributed by atoms with Gasteiger partial charge < -0.3 is 4.57 Å². The van der Waals surface area contributed by atoms with Gasteiger partial charge in [0, 0.05) is 22.6 Å². The number of hydrogen-bond acceptors (Lipinski definition) is 2. The van der Waals surface area contributed by atoms with Gasteiger partial charge in [-0.05, 0) is 56.3 Å². The topological polar surface area (TPSA) is 63.1 Å². The molecule has 0 radical (unpaired) electrons. The van der Waals surface area contributed by atoms with E-state index in [2.05, 4.69) is 10.9 Å². The van der Waals surface area contributed by atoms with Crippen LogP contribution in [0.5, 0.6) is 0 Å². The molecule has 1 heterocycles. The van der Waals surface area contributed by atoms with Crippen LogP contribution in [0.1, 0.15) is 32.1 Å². The summed E-state index contributed by atoms with van der Waals surface area (Å²) in [7, 11) is 0. The number of benzene rings is 2. The molecule has 5 nitrogen and oxygen atoms in total. The number of halogens is 1. The van der Waals surface area contributed by atoms with Crippen molar-refractivity contribution >= 4 is 11.8 Å². The molecule has 132 valence electrons. The summed E-state index contributed by atoms with van der Waals surface area (Å²) in [5.74, 6) is -1.14. The van der Waals surface area contributed by atoms with Crippen LogP contribution in [-0.2, 0) is 0 Å². The molecule has 2 aromatic carbocycles. The van der Waals surface area contributed by atoms with Gasteiger partial charge in [-0.1, -0.05) is 18.2 Å². The normalized spacial score (nSPS) is 10.4. The summed E-state index contributed by atoms with van der Waals surface area (Å²) in [5, 5.41) is 0. The number of nitrogens with zero attached hydrogens (tertiary/aromatic N) is 1. The number of rotatable bonds is 3. The van der Waals surface area contributed by atoms with Gasteiger partial charge in [-0.3, -0.25) is 20.4 Å². The molecule has 3 aromatic rings. The van der Waals surface area contributed by atoms with Crippen molar-refractivity contribution in [3.63, 3.8) is 0 Å². The summed E-state index contributed by atoms with van der Waals surface area (Å²) in [5.41, 5.74) is 7.99. The minimum absolute atomic E-state index is 0.321. The highest BCUT2D eigenvalue weighted by Gasteiger charge is 2.17.